The molecule has 2 rings (SSSR count). The molecule has 1 aromatic rings. The zero-order chi connectivity index (χ0) is 13.8. The Labute approximate surface area is 126 Å². The fourth-order valence-corrected chi connectivity index (χ4v) is 3.95. The maximum atomic E-state index is 6.39. The smallest absolute Gasteiger partial charge is 0.0468 e. The Kier molecular flexibility index (Phi) is 5.56. The van der Waals surface area contributed by atoms with Gasteiger partial charge < -0.3 is 5.32 Å². The van der Waals surface area contributed by atoms with Crippen molar-refractivity contribution in [1.82, 2.24) is 5.32 Å². The van der Waals surface area contributed by atoms with E-state index in [1.807, 2.05) is 18.2 Å². The van der Waals surface area contributed by atoms with Gasteiger partial charge >= 0.3 is 0 Å². The van der Waals surface area contributed by atoms with E-state index in [4.69, 9.17) is 23.2 Å². The van der Waals surface area contributed by atoms with Gasteiger partial charge in [-0.2, -0.15) is 0 Å². The number of benzene rings is 1. The van der Waals surface area contributed by atoms with E-state index in [1.165, 1.54) is 25.7 Å². The zero-order valence-electron chi connectivity index (χ0n) is 11.8. The van der Waals surface area contributed by atoms with Gasteiger partial charge in [0.05, 0.1) is 0 Å². The molecule has 0 amide bonds. The van der Waals surface area contributed by atoms with E-state index >= 15 is 0 Å². The molecule has 3 heteroatoms. The summed E-state index contributed by atoms with van der Waals surface area (Å²) < 4.78 is 0. The Morgan fingerprint density at radius 1 is 1.26 bits per heavy atom. The minimum absolute atomic E-state index is 0.286. The largest absolute Gasteiger partial charge is 0.310 e. The molecule has 1 fully saturated rings. The molecule has 1 saturated carbocycles. The molecule has 1 aromatic carbocycles. The highest BCUT2D eigenvalue weighted by Crippen LogP contribution is 2.41. The Hall–Kier alpha value is -0.240. The molecule has 1 aliphatic carbocycles. The van der Waals surface area contributed by atoms with Gasteiger partial charge in [-0.3, -0.25) is 0 Å². The van der Waals surface area contributed by atoms with Gasteiger partial charge in [0.2, 0.25) is 0 Å². The number of halogens is 2. The van der Waals surface area contributed by atoms with Gasteiger partial charge in [-0.05, 0) is 43.4 Å². The lowest BCUT2D eigenvalue weighted by Gasteiger charge is -2.35. The molecule has 1 nitrogen and oxygen atoms in total. The van der Waals surface area contributed by atoms with Crippen LogP contribution >= 0.6 is 23.2 Å². The number of rotatable bonds is 4. The van der Waals surface area contributed by atoms with Gasteiger partial charge in [-0.25, -0.2) is 0 Å². The first kappa shape index (κ1) is 15.2. The number of nitrogens with one attached hydrogen (secondary N) is 1. The SMILES string of the molecule is CCNC(c1c(Cl)cccc1Cl)C1CCCC(C)C1. The van der Waals surface area contributed by atoms with Gasteiger partial charge in [-0.1, -0.05) is 56.0 Å². The van der Waals surface area contributed by atoms with E-state index in [0.29, 0.717) is 5.92 Å². The molecule has 0 spiro atoms. The molecule has 1 N–H and O–H groups in total. The van der Waals surface area contributed by atoms with Gasteiger partial charge in [0.25, 0.3) is 0 Å². The maximum Gasteiger partial charge on any atom is 0.0468 e. The summed E-state index contributed by atoms with van der Waals surface area (Å²) in [6.45, 7) is 5.43. The topological polar surface area (TPSA) is 12.0 Å². The summed E-state index contributed by atoms with van der Waals surface area (Å²) in [5, 5.41) is 5.18. The quantitative estimate of drug-likeness (QED) is 0.777. The molecule has 0 radical (unpaired) electrons. The molecular formula is C16H23Cl2N. The number of hydrogen-bond donors (Lipinski definition) is 1. The minimum Gasteiger partial charge on any atom is -0.310 e. The van der Waals surface area contributed by atoms with Crippen molar-refractivity contribution in [3.63, 3.8) is 0 Å². The third-order valence-corrected chi connectivity index (χ3v) is 4.84. The molecule has 0 heterocycles. The highest BCUT2D eigenvalue weighted by atomic mass is 35.5. The molecule has 0 aliphatic heterocycles. The second-order valence-electron chi connectivity index (χ2n) is 5.70. The standard InChI is InChI=1S/C16H23Cl2N/c1-3-19-16(12-7-4-6-11(2)10-12)15-13(17)8-5-9-14(15)18/h5,8-9,11-12,16,19H,3-4,6-7,10H2,1-2H3. The molecule has 0 bridgehead atoms. The second-order valence-corrected chi connectivity index (χ2v) is 6.52. The first-order chi connectivity index (χ1) is 9.13. The molecule has 3 atom stereocenters. The summed E-state index contributed by atoms with van der Waals surface area (Å²) >= 11 is 12.8. The lowest BCUT2D eigenvalue weighted by atomic mass is 9.76. The van der Waals surface area contributed by atoms with E-state index < -0.39 is 0 Å². The monoisotopic (exact) mass is 299 g/mol. The van der Waals surface area contributed by atoms with Gasteiger partial charge in [-0.15, -0.1) is 0 Å². The number of hydrogen-bond acceptors (Lipinski definition) is 1. The van der Waals surface area contributed by atoms with Crippen LogP contribution in [-0.4, -0.2) is 6.54 Å². The average molecular weight is 300 g/mol. The summed E-state index contributed by atoms with van der Waals surface area (Å²) in [6, 6.07) is 6.09. The zero-order valence-corrected chi connectivity index (χ0v) is 13.3. The summed E-state index contributed by atoms with van der Waals surface area (Å²) in [5.41, 5.74) is 1.09. The summed E-state index contributed by atoms with van der Waals surface area (Å²) in [4.78, 5) is 0. The van der Waals surface area contributed by atoms with Crippen molar-refractivity contribution in [3.8, 4) is 0 Å². The summed E-state index contributed by atoms with van der Waals surface area (Å²) in [5.74, 6) is 1.45. The third-order valence-electron chi connectivity index (χ3n) is 4.18. The van der Waals surface area contributed by atoms with Crippen molar-refractivity contribution in [3.05, 3.63) is 33.8 Å². The van der Waals surface area contributed by atoms with Gasteiger partial charge in [0.1, 0.15) is 0 Å². The predicted molar refractivity (Wildman–Crippen MR) is 84.0 cm³/mol. The van der Waals surface area contributed by atoms with E-state index in [1.54, 1.807) is 0 Å². The van der Waals surface area contributed by atoms with Crippen LogP contribution in [0.1, 0.15) is 51.1 Å². The molecular weight excluding hydrogens is 277 g/mol. The van der Waals surface area contributed by atoms with Crippen LogP contribution in [0, 0.1) is 11.8 Å². The van der Waals surface area contributed by atoms with Gasteiger partial charge in [0, 0.05) is 21.7 Å². The fraction of sp³-hybridized carbons (Fsp3) is 0.625. The minimum atomic E-state index is 0.286. The van der Waals surface area contributed by atoms with Crippen LogP contribution in [0.3, 0.4) is 0 Å². The van der Waals surface area contributed by atoms with E-state index in [9.17, 15) is 0 Å². The van der Waals surface area contributed by atoms with Crippen LogP contribution in [0.5, 0.6) is 0 Å². The van der Waals surface area contributed by atoms with Crippen molar-refractivity contribution >= 4 is 23.2 Å². The predicted octanol–water partition coefficient (Wildman–Crippen LogP) is 5.47. The third kappa shape index (κ3) is 3.65. The Morgan fingerprint density at radius 2 is 1.95 bits per heavy atom. The molecule has 106 valence electrons. The lowest BCUT2D eigenvalue weighted by Crippen LogP contribution is -2.31. The van der Waals surface area contributed by atoms with Crippen LogP contribution in [0.25, 0.3) is 0 Å². The molecule has 0 aromatic heterocycles. The van der Waals surface area contributed by atoms with Crippen molar-refractivity contribution in [2.75, 3.05) is 6.54 Å². The maximum absolute atomic E-state index is 6.39. The Bertz CT molecular complexity index is 399. The van der Waals surface area contributed by atoms with Crippen LogP contribution in [0.15, 0.2) is 18.2 Å². The van der Waals surface area contributed by atoms with Crippen LogP contribution in [0.2, 0.25) is 10.0 Å². The summed E-state index contributed by atoms with van der Waals surface area (Å²) in [7, 11) is 0. The average Bonchev–Trinajstić information content (AvgIpc) is 2.37. The highest BCUT2D eigenvalue weighted by Gasteiger charge is 2.29. The first-order valence-corrected chi connectivity index (χ1v) is 8.06. The first-order valence-electron chi connectivity index (χ1n) is 7.30. The molecule has 0 saturated heterocycles. The van der Waals surface area contributed by atoms with Crippen molar-refractivity contribution in [1.29, 1.82) is 0 Å². The summed E-state index contributed by atoms with van der Waals surface area (Å²) in [6.07, 6.45) is 5.20. The van der Waals surface area contributed by atoms with Crippen LogP contribution in [-0.2, 0) is 0 Å². The molecule has 19 heavy (non-hydrogen) atoms. The lowest BCUT2D eigenvalue weighted by molar-refractivity contribution is 0.225. The molecule has 3 unspecified atom stereocenters. The van der Waals surface area contributed by atoms with E-state index in [0.717, 1.165) is 28.1 Å². The van der Waals surface area contributed by atoms with Crippen molar-refractivity contribution in [2.24, 2.45) is 11.8 Å². The molecule has 1 aliphatic rings. The van der Waals surface area contributed by atoms with Crippen LogP contribution < -0.4 is 5.32 Å². The second kappa shape index (κ2) is 6.97. The van der Waals surface area contributed by atoms with Crippen molar-refractivity contribution < 1.29 is 0 Å². The van der Waals surface area contributed by atoms with E-state index in [-0.39, 0.29) is 6.04 Å². The van der Waals surface area contributed by atoms with Gasteiger partial charge in [0.15, 0.2) is 0 Å². The Balaban J connectivity index is 2.28. The fourth-order valence-electron chi connectivity index (χ4n) is 3.32. The Morgan fingerprint density at radius 3 is 2.53 bits per heavy atom. The van der Waals surface area contributed by atoms with Crippen LogP contribution in [0.4, 0.5) is 0 Å². The van der Waals surface area contributed by atoms with E-state index in [2.05, 4.69) is 19.2 Å². The highest BCUT2D eigenvalue weighted by molar-refractivity contribution is 6.36. The normalized spacial score (nSPS) is 25.3. The van der Waals surface area contributed by atoms with Crippen molar-refractivity contribution in [2.45, 2.75) is 45.6 Å².